The number of aliphatic hydroxyl groups is 1. The first kappa shape index (κ1) is 27.4. The normalized spacial score (nSPS) is 18.6. The fraction of sp³-hybridized carbons (Fsp3) is 0.667. The minimum atomic E-state index is -3.33. The number of piperidine rings is 1. The van der Waals surface area contributed by atoms with Gasteiger partial charge < -0.3 is 15.7 Å². The monoisotopic (exact) mass is 534 g/mol. The van der Waals surface area contributed by atoms with Crippen LogP contribution in [0, 0.1) is 6.92 Å². The van der Waals surface area contributed by atoms with E-state index in [1.165, 1.54) is 0 Å². The number of piperazine rings is 1. The number of aryl methyl sites for hydroxylation is 1. The molecule has 0 atom stereocenters. The van der Waals surface area contributed by atoms with Crippen molar-refractivity contribution in [2.24, 2.45) is 0 Å². The van der Waals surface area contributed by atoms with Crippen molar-refractivity contribution in [3.63, 3.8) is 0 Å². The number of carbonyl (C=O) groups excluding carboxylic acids is 1. The molecule has 2 aliphatic heterocycles. The van der Waals surface area contributed by atoms with Crippen LogP contribution in [0.25, 0.3) is 11.3 Å². The number of nitrogens with one attached hydrogen (secondary N) is 2. The molecule has 2 saturated heterocycles. The first-order chi connectivity index (χ1) is 17.5. The molecule has 2 fully saturated rings. The van der Waals surface area contributed by atoms with Gasteiger partial charge in [-0.1, -0.05) is 0 Å². The van der Waals surface area contributed by atoms with Crippen LogP contribution in [-0.2, 0) is 21.4 Å². The quantitative estimate of drug-likeness (QED) is 0.395. The van der Waals surface area contributed by atoms with Crippen LogP contribution in [-0.4, -0.2) is 105 Å². The minimum Gasteiger partial charge on any atom is -0.389 e. The third-order valence-electron chi connectivity index (χ3n) is 6.60. The van der Waals surface area contributed by atoms with E-state index in [2.05, 4.69) is 20.7 Å². The summed E-state index contributed by atoms with van der Waals surface area (Å²) in [5, 5.41) is 20.5. The fourth-order valence-electron chi connectivity index (χ4n) is 4.72. The van der Waals surface area contributed by atoms with E-state index in [0.29, 0.717) is 64.5 Å². The van der Waals surface area contributed by atoms with Gasteiger partial charge in [-0.15, -0.1) is 0 Å². The number of nitrogens with zero attached hydrogens (tertiary/aromatic N) is 6. The number of carbonyl (C=O) groups is 1. The van der Waals surface area contributed by atoms with Gasteiger partial charge in [-0.2, -0.15) is 5.10 Å². The van der Waals surface area contributed by atoms with Gasteiger partial charge >= 0.3 is 0 Å². The highest BCUT2D eigenvalue weighted by molar-refractivity contribution is 7.89. The van der Waals surface area contributed by atoms with Gasteiger partial charge in [-0.3, -0.25) is 14.4 Å². The molecular weight excluding hydrogens is 496 g/mol. The molecular formula is C24H38N8O4S. The molecule has 37 heavy (non-hydrogen) atoms. The summed E-state index contributed by atoms with van der Waals surface area (Å²) in [5.74, 6) is 0.589. The van der Waals surface area contributed by atoms with Crippen molar-refractivity contribution in [3.05, 3.63) is 24.2 Å². The molecule has 12 nitrogen and oxygen atoms in total. The van der Waals surface area contributed by atoms with Gasteiger partial charge in [0, 0.05) is 50.2 Å². The van der Waals surface area contributed by atoms with Crippen molar-refractivity contribution in [1.82, 2.24) is 34.3 Å². The topological polar surface area (TPSA) is 146 Å². The van der Waals surface area contributed by atoms with Crippen LogP contribution in [0.5, 0.6) is 0 Å². The number of amides is 1. The second-order valence-electron chi connectivity index (χ2n) is 10.6. The summed E-state index contributed by atoms with van der Waals surface area (Å²) in [4.78, 5) is 22.6. The smallest absolute Gasteiger partial charge is 0.234 e. The van der Waals surface area contributed by atoms with E-state index in [1.54, 1.807) is 35.2 Å². The molecule has 0 aromatic carbocycles. The number of rotatable bonds is 10. The fourth-order valence-corrected chi connectivity index (χ4v) is 6.23. The van der Waals surface area contributed by atoms with Crippen molar-refractivity contribution in [1.29, 1.82) is 0 Å². The summed E-state index contributed by atoms with van der Waals surface area (Å²) >= 11 is 0. The van der Waals surface area contributed by atoms with Gasteiger partial charge in [-0.25, -0.2) is 22.7 Å². The lowest BCUT2D eigenvalue weighted by Gasteiger charge is -2.32. The van der Waals surface area contributed by atoms with E-state index >= 15 is 0 Å². The molecule has 4 heterocycles. The van der Waals surface area contributed by atoms with E-state index in [4.69, 9.17) is 4.98 Å². The summed E-state index contributed by atoms with van der Waals surface area (Å²) in [7, 11) is -3.33. The third kappa shape index (κ3) is 7.69. The summed E-state index contributed by atoms with van der Waals surface area (Å²) in [6, 6.07) is 0.0757. The van der Waals surface area contributed by atoms with Gasteiger partial charge in [0.25, 0.3) is 0 Å². The molecule has 4 rings (SSSR count). The molecule has 3 N–H and O–H groups in total. The highest BCUT2D eigenvalue weighted by Gasteiger charge is 2.28. The molecule has 204 valence electrons. The van der Waals surface area contributed by atoms with Crippen molar-refractivity contribution >= 4 is 21.9 Å². The average molecular weight is 535 g/mol. The number of sulfonamides is 1. The highest BCUT2D eigenvalue weighted by Crippen LogP contribution is 2.23. The van der Waals surface area contributed by atoms with Crippen molar-refractivity contribution in [2.45, 2.75) is 58.2 Å². The van der Waals surface area contributed by atoms with Crippen LogP contribution < -0.4 is 10.6 Å². The zero-order valence-electron chi connectivity index (χ0n) is 21.9. The molecule has 2 aromatic heterocycles. The zero-order chi connectivity index (χ0) is 26.6. The summed E-state index contributed by atoms with van der Waals surface area (Å²) in [5.41, 5.74) is 1.66. The Bertz CT molecular complexity index is 1190. The molecule has 2 aliphatic rings. The van der Waals surface area contributed by atoms with Gasteiger partial charge in [-0.05, 0) is 52.1 Å². The van der Waals surface area contributed by atoms with E-state index in [0.717, 1.165) is 23.4 Å². The Morgan fingerprint density at radius 3 is 2.68 bits per heavy atom. The van der Waals surface area contributed by atoms with Gasteiger partial charge in [0.1, 0.15) is 0 Å². The predicted octanol–water partition coefficient (Wildman–Crippen LogP) is 0.447. The van der Waals surface area contributed by atoms with Gasteiger partial charge in [0.2, 0.25) is 21.9 Å². The lowest BCUT2D eigenvalue weighted by Crippen LogP contribution is -2.48. The SMILES string of the molecule is Cc1cnc(NC2CCN(S(=O)(=O)CCCN3CCNC(=O)C3)CC2)nc1-c1cnn(CC(C)(C)O)c1. The molecule has 0 aliphatic carbocycles. The summed E-state index contributed by atoms with van der Waals surface area (Å²) in [6.45, 7) is 9.01. The lowest BCUT2D eigenvalue weighted by atomic mass is 10.1. The Morgan fingerprint density at radius 2 is 1.97 bits per heavy atom. The molecule has 0 unspecified atom stereocenters. The maximum absolute atomic E-state index is 12.8. The minimum absolute atomic E-state index is 0.00540. The van der Waals surface area contributed by atoms with E-state index < -0.39 is 15.6 Å². The first-order valence-electron chi connectivity index (χ1n) is 12.8. The van der Waals surface area contributed by atoms with Crippen LogP contribution in [0.2, 0.25) is 0 Å². The Morgan fingerprint density at radius 1 is 1.22 bits per heavy atom. The number of hydrogen-bond acceptors (Lipinski definition) is 9. The van der Waals surface area contributed by atoms with Crippen molar-refractivity contribution < 1.29 is 18.3 Å². The van der Waals surface area contributed by atoms with E-state index in [-0.39, 0.29) is 17.7 Å². The molecule has 13 heteroatoms. The van der Waals surface area contributed by atoms with Gasteiger partial charge in [0.15, 0.2) is 0 Å². The molecule has 2 aromatic rings. The second-order valence-corrected chi connectivity index (χ2v) is 12.7. The Kier molecular flexibility index (Phi) is 8.46. The average Bonchev–Trinajstić information content (AvgIpc) is 3.27. The zero-order valence-corrected chi connectivity index (χ0v) is 22.7. The maximum Gasteiger partial charge on any atom is 0.234 e. The van der Waals surface area contributed by atoms with Crippen molar-refractivity contribution in [2.75, 3.05) is 50.3 Å². The highest BCUT2D eigenvalue weighted by atomic mass is 32.2. The standard InChI is InChI=1S/C24H38N8O4S/c1-18-13-26-23(29-22(18)19-14-27-31(15-19)17-24(2,3)34)28-20-5-9-32(10-6-20)37(35,36)12-4-8-30-11-7-25-21(33)16-30/h13-15,20,34H,4-12,16-17H2,1-3H3,(H,25,33)(H,26,28,29). The van der Waals surface area contributed by atoms with Crippen LogP contribution in [0.1, 0.15) is 38.7 Å². The van der Waals surface area contributed by atoms with Gasteiger partial charge in [0.05, 0.1) is 36.3 Å². The Hall–Kier alpha value is -2.61. The second kappa shape index (κ2) is 11.4. The van der Waals surface area contributed by atoms with Crippen LogP contribution in [0.4, 0.5) is 5.95 Å². The van der Waals surface area contributed by atoms with Crippen LogP contribution >= 0.6 is 0 Å². The van der Waals surface area contributed by atoms with E-state index in [9.17, 15) is 18.3 Å². The van der Waals surface area contributed by atoms with E-state index in [1.807, 2.05) is 18.0 Å². The Labute approximate surface area is 218 Å². The molecule has 0 saturated carbocycles. The largest absolute Gasteiger partial charge is 0.389 e. The third-order valence-corrected chi connectivity index (χ3v) is 8.56. The number of aromatic nitrogens is 4. The first-order valence-corrected chi connectivity index (χ1v) is 14.4. The molecule has 1 amide bonds. The Balaban J connectivity index is 1.28. The lowest BCUT2D eigenvalue weighted by molar-refractivity contribution is -0.124. The van der Waals surface area contributed by atoms with Crippen LogP contribution in [0.3, 0.4) is 0 Å². The number of hydrogen-bond donors (Lipinski definition) is 3. The number of anilines is 1. The summed E-state index contributed by atoms with van der Waals surface area (Å²) < 4.78 is 29.0. The predicted molar refractivity (Wildman–Crippen MR) is 140 cm³/mol. The van der Waals surface area contributed by atoms with Crippen LogP contribution in [0.15, 0.2) is 18.6 Å². The molecule has 0 radical (unpaired) electrons. The van der Waals surface area contributed by atoms with Crippen molar-refractivity contribution in [3.8, 4) is 11.3 Å². The molecule has 0 spiro atoms. The maximum atomic E-state index is 12.8. The summed E-state index contributed by atoms with van der Waals surface area (Å²) in [6.07, 6.45) is 7.21. The molecule has 0 bridgehead atoms.